The van der Waals surface area contributed by atoms with E-state index in [1.54, 1.807) is 0 Å². The number of benzene rings is 1. The number of fused-ring (bicyclic) bond motifs is 1. The molecule has 0 bridgehead atoms. The molecule has 2 rings (SSSR count). The van der Waals surface area contributed by atoms with Crippen molar-refractivity contribution < 1.29 is 19.8 Å². The predicted molar refractivity (Wildman–Crippen MR) is 92.1 cm³/mol. The molecule has 0 amide bonds. The summed E-state index contributed by atoms with van der Waals surface area (Å²) in [5.74, 6) is -3.79. The fourth-order valence-electron chi connectivity index (χ4n) is 3.14. The first-order valence-electron chi connectivity index (χ1n) is 8.48. The Morgan fingerprint density at radius 3 is 2.42 bits per heavy atom. The van der Waals surface area contributed by atoms with Crippen LogP contribution in [0.2, 0.25) is 0 Å². The van der Waals surface area contributed by atoms with Gasteiger partial charge in [-0.3, -0.25) is 14.5 Å². The number of nitrogens with zero attached hydrogens (tertiary/aromatic N) is 1. The number of carboxylic acid groups (broad SMARTS) is 2. The van der Waals surface area contributed by atoms with Gasteiger partial charge in [-0.15, -0.1) is 0 Å². The lowest BCUT2D eigenvalue weighted by atomic mass is 9.84. The molecule has 0 unspecified atom stereocenters. The monoisotopic (exact) mass is 333 g/mol. The lowest BCUT2D eigenvalue weighted by Crippen LogP contribution is -2.32. The fourth-order valence-corrected chi connectivity index (χ4v) is 3.14. The van der Waals surface area contributed by atoms with Gasteiger partial charge in [-0.25, -0.2) is 0 Å². The summed E-state index contributed by atoms with van der Waals surface area (Å²) >= 11 is 0. The van der Waals surface area contributed by atoms with E-state index < -0.39 is 17.9 Å². The molecule has 1 aromatic carbocycles. The fraction of sp³-hybridized carbons (Fsp3) is 0.579. The van der Waals surface area contributed by atoms with Gasteiger partial charge in [0.25, 0.3) is 0 Å². The summed E-state index contributed by atoms with van der Waals surface area (Å²) in [7, 11) is 0. The van der Waals surface area contributed by atoms with Gasteiger partial charge < -0.3 is 10.2 Å². The number of hydrogen-bond donors (Lipinski definition) is 2. The summed E-state index contributed by atoms with van der Waals surface area (Å²) in [4.78, 5) is 24.1. The lowest BCUT2D eigenvalue weighted by Gasteiger charge is -2.30. The minimum Gasteiger partial charge on any atom is -0.481 e. The minimum absolute atomic E-state index is 0.119. The summed E-state index contributed by atoms with van der Waals surface area (Å²) < 4.78 is 0. The van der Waals surface area contributed by atoms with Crippen LogP contribution in [0.4, 0.5) is 0 Å². The van der Waals surface area contributed by atoms with Crippen molar-refractivity contribution in [2.45, 2.75) is 52.0 Å². The first-order valence-corrected chi connectivity index (χ1v) is 8.48. The average molecular weight is 333 g/mol. The highest BCUT2D eigenvalue weighted by Crippen LogP contribution is 2.27. The number of hydrogen-bond acceptors (Lipinski definition) is 3. The highest BCUT2D eigenvalue weighted by Gasteiger charge is 2.26. The van der Waals surface area contributed by atoms with E-state index in [1.807, 2.05) is 0 Å². The molecule has 0 fully saturated rings. The molecule has 1 aromatic rings. The quantitative estimate of drug-likeness (QED) is 0.783. The summed E-state index contributed by atoms with van der Waals surface area (Å²) in [6.45, 7) is 9.13. The maximum absolute atomic E-state index is 10.9. The zero-order valence-corrected chi connectivity index (χ0v) is 14.7. The third kappa shape index (κ3) is 4.57. The summed E-state index contributed by atoms with van der Waals surface area (Å²) in [5.41, 5.74) is 4.16. The molecule has 0 saturated carbocycles. The van der Waals surface area contributed by atoms with Crippen LogP contribution in [0.1, 0.15) is 50.3 Å². The molecule has 24 heavy (non-hydrogen) atoms. The molecular weight excluding hydrogens is 306 g/mol. The van der Waals surface area contributed by atoms with E-state index in [2.05, 4.69) is 43.9 Å². The van der Waals surface area contributed by atoms with Crippen molar-refractivity contribution in [2.24, 2.45) is 5.92 Å². The largest absolute Gasteiger partial charge is 0.481 e. The van der Waals surface area contributed by atoms with Crippen molar-refractivity contribution >= 4 is 11.9 Å². The molecule has 5 heteroatoms. The molecule has 0 aromatic heterocycles. The van der Waals surface area contributed by atoms with Gasteiger partial charge in [-0.05, 0) is 47.9 Å². The molecule has 1 heterocycles. The van der Waals surface area contributed by atoms with Gasteiger partial charge in [0.15, 0.2) is 5.92 Å². The van der Waals surface area contributed by atoms with Crippen molar-refractivity contribution in [3.05, 3.63) is 34.9 Å². The van der Waals surface area contributed by atoms with Gasteiger partial charge in [0.1, 0.15) is 0 Å². The molecule has 0 radical (unpaired) electrons. The van der Waals surface area contributed by atoms with E-state index in [4.69, 9.17) is 10.2 Å². The molecule has 132 valence electrons. The second-order valence-corrected chi connectivity index (χ2v) is 7.63. The standard InChI is InChI=1S/C19H27NO4/c1-19(2,3)15-7-6-13-8-10-20(12-14(13)11-15)9-4-5-16(17(21)22)18(23)24/h6-7,11,16H,4-5,8-10,12H2,1-3H3,(H,21,22)(H,23,24). The predicted octanol–water partition coefficient (Wildman–Crippen LogP) is 2.91. The van der Waals surface area contributed by atoms with E-state index in [9.17, 15) is 9.59 Å². The van der Waals surface area contributed by atoms with E-state index in [0.717, 1.165) is 26.1 Å². The van der Waals surface area contributed by atoms with Crippen LogP contribution in [-0.4, -0.2) is 40.1 Å². The zero-order chi connectivity index (χ0) is 17.9. The average Bonchev–Trinajstić information content (AvgIpc) is 2.49. The Morgan fingerprint density at radius 2 is 1.83 bits per heavy atom. The number of carboxylic acids is 2. The van der Waals surface area contributed by atoms with Crippen molar-refractivity contribution in [1.29, 1.82) is 0 Å². The number of aliphatic carboxylic acids is 2. The van der Waals surface area contributed by atoms with Crippen molar-refractivity contribution in [3.63, 3.8) is 0 Å². The Bertz CT molecular complexity index is 604. The molecule has 5 nitrogen and oxygen atoms in total. The van der Waals surface area contributed by atoms with Gasteiger partial charge in [0.2, 0.25) is 0 Å². The van der Waals surface area contributed by atoms with Crippen LogP contribution < -0.4 is 0 Å². The molecule has 2 N–H and O–H groups in total. The Kier molecular flexibility index (Phi) is 5.65. The molecule has 1 aliphatic heterocycles. The second kappa shape index (κ2) is 7.34. The highest BCUT2D eigenvalue weighted by atomic mass is 16.4. The third-order valence-corrected chi connectivity index (χ3v) is 4.73. The number of carbonyl (C=O) groups is 2. The van der Waals surface area contributed by atoms with Gasteiger partial charge in [-0.1, -0.05) is 39.0 Å². The summed E-state index contributed by atoms with van der Waals surface area (Å²) in [6.07, 6.45) is 1.74. The molecule has 0 saturated heterocycles. The Hall–Kier alpha value is -1.88. The highest BCUT2D eigenvalue weighted by molar-refractivity contribution is 5.92. The van der Waals surface area contributed by atoms with Gasteiger partial charge >= 0.3 is 11.9 Å². The van der Waals surface area contributed by atoms with Crippen LogP contribution in [-0.2, 0) is 28.0 Å². The minimum atomic E-state index is -1.30. The van der Waals surface area contributed by atoms with Crippen LogP contribution in [0, 0.1) is 5.92 Å². The third-order valence-electron chi connectivity index (χ3n) is 4.73. The molecule has 0 atom stereocenters. The van der Waals surface area contributed by atoms with Crippen LogP contribution in [0.5, 0.6) is 0 Å². The Labute approximate surface area is 143 Å². The van der Waals surface area contributed by atoms with Crippen LogP contribution >= 0.6 is 0 Å². The first kappa shape index (κ1) is 18.5. The van der Waals surface area contributed by atoms with E-state index in [0.29, 0.717) is 6.42 Å². The van der Waals surface area contributed by atoms with Crippen LogP contribution in [0.3, 0.4) is 0 Å². The summed E-state index contributed by atoms with van der Waals surface area (Å²) in [6, 6.07) is 6.70. The smallest absolute Gasteiger partial charge is 0.317 e. The lowest BCUT2D eigenvalue weighted by molar-refractivity contribution is -0.154. The normalized spacial score (nSPS) is 15.3. The molecule has 1 aliphatic rings. The second-order valence-electron chi connectivity index (χ2n) is 7.63. The molecule has 0 spiro atoms. The molecular formula is C19H27NO4. The Morgan fingerprint density at radius 1 is 1.17 bits per heavy atom. The Balaban J connectivity index is 1.95. The summed E-state index contributed by atoms with van der Waals surface area (Å²) in [5, 5.41) is 17.8. The van der Waals surface area contributed by atoms with Crippen LogP contribution in [0.25, 0.3) is 0 Å². The maximum atomic E-state index is 10.9. The maximum Gasteiger partial charge on any atom is 0.317 e. The van der Waals surface area contributed by atoms with Crippen LogP contribution in [0.15, 0.2) is 18.2 Å². The van der Waals surface area contributed by atoms with Gasteiger partial charge in [0.05, 0.1) is 0 Å². The first-order chi connectivity index (χ1) is 11.2. The van der Waals surface area contributed by atoms with Gasteiger partial charge in [-0.2, -0.15) is 0 Å². The topological polar surface area (TPSA) is 77.8 Å². The van der Waals surface area contributed by atoms with E-state index >= 15 is 0 Å². The number of rotatable bonds is 6. The van der Waals surface area contributed by atoms with E-state index in [-0.39, 0.29) is 11.8 Å². The van der Waals surface area contributed by atoms with Gasteiger partial charge in [0, 0.05) is 13.1 Å². The van der Waals surface area contributed by atoms with Crippen molar-refractivity contribution in [1.82, 2.24) is 4.90 Å². The zero-order valence-electron chi connectivity index (χ0n) is 14.7. The van der Waals surface area contributed by atoms with Crippen molar-refractivity contribution in [2.75, 3.05) is 13.1 Å². The SMILES string of the molecule is CC(C)(C)c1ccc2c(c1)CN(CCCC(C(=O)O)C(=O)O)CC2. The van der Waals surface area contributed by atoms with Crippen molar-refractivity contribution in [3.8, 4) is 0 Å². The molecule has 0 aliphatic carbocycles. The van der Waals surface area contributed by atoms with E-state index in [1.165, 1.54) is 16.7 Å².